The molecule has 2 aromatic rings. The molecule has 1 aliphatic rings. The number of thiol groups is 1. The molecule has 2 aromatic carbocycles. The molecular formula is C18H21NS. The molecule has 1 nitrogen and oxygen atoms in total. The molecule has 0 spiro atoms. The van der Waals surface area contributed by atoms with E-state index >= 15 is 0 Å². The normalized spacial score (nSPS) is 24.6. The van der Waals surface area contributed by atoms with Crippen molar-refractivity contribution in [3.63, 3.8) is 0 Å². The molecule has 1 aliphatic heterocycles. The maximum absolute atomic E-state index is 4.99. The van der Waals surface area contributed by atoms with Crippen LogP contribution in [-0.2, 0) is 17.0 Å². The standard InChI is InChI=1S/C18H21NS/c1-17(2)15-11-7-8-12-16(15)18(3,20)19(17)13-14-9-5-4-6-10-14/h4-12,20H,13H2,1-3H3. The summed E-state index contributed by atoms with van der Waals surface area (Å²) >= 11 is 4.99. The first-order valence-corrected chi connectivity index (χ1v) is 7.53. The number of rotatable bonds is 2. The third-order valence-corrected chi connectivity index (χ3v) is 4.96. The predicted octanol–water partition coefficient (Wildman–Crippen LogP) is 4.54. The van der Waals surface area contributed by atoms with Gasteiger partial charge in [-0.25, -0.2) is 0 Å². The van der Waals surface area contributed by atoms with Gasteiger partial charge in [0.15, 0.2) is 0 Å². The summed E-state index contributed by atoms with van der Waals surface area (Å²) in [6.07, 6.45) is 0. The van der Waals surface area contributed by atoms with Crippen LogP contribution in [0.5, 0.6) is 0 Å². The third kappa shape index (κ3) is 1.99. The number of benzene rings is 2. The van der Waals surface area contributed by atoms with Crippen molar-refractivity contribution in [2.45, 2.75) is 37.7 Å². The average Bonchev–Trinajstić information content (AvgIpc) is 2.59. The zero-order valence-corrected chi connectivity index (χ0v) is 13.2. The van der Waals surface area contributed by atoms with Gasteiger partial charge in [0.2, 0.25) is 0 Å². The van der Waals surface area contributed by atoms with E-state index in [-0.39, 0.29) is 10.4 Å². The van der Waals surface area contributed by atoms with Crippen LogP contribution in [0.4, 0.5) is 0 Å². The van der Waals surface area contributed by atoms with Gasteiger partial charge < -0.3 is 0 Å². The van der Waals surface area contributed by atoms with Crippen molar-refractivity contribution in [3.8, 4) is 0 Å². The fraction of sp³-hybridized carbons (Fsp3) is 0.333. The molecule has 1 atom stereocenters. The highest BCUT2D eigenvalue weighted by Gasteiger charge is 2.49. The van der Waals surface area contributed by atoms with E-state index in [4.69, 9.17) is 12.6 Å². The van der Waals surface area contributed by atoms with E-state index < -0.39 is 0 Å². The van der Waals surface area contributed by atoms with Crippen molar-refractivity contribution in [1.82, 2.24) is 4.90 Å². The SMILES string of the molecule is CC1(C)c2ccccc2C(C)(S)N1Cc1ccccc1. The van der Waals surface area contributed by atoms with Crippen molar-refractivity contribution >= 4 is 12.6 Å². The van der Waals surface area contributed by atoms with Gasteiger partial charge in [0.05, 0.1) is 4.87 Å². The number of hydrogen-bond donors (Lipinski definition) is 1. The van der Waals surface area contributed by atoms with Crippen molar-refractivity contribution < 1.29 is 0 Å². The molecule has 0 radical (unpaired) electrons. The summed E-state index contributed by atoms with van der Waals surface area (Å²) in [5.74, 6) is 0. The fourth-order valence-corrected chi connectivity index (χ4v) is 3.90. The van der Waals surface area contributed by atoms with E-state index in [0.29, 0.717) is 0 Å². The Kier molecular flexibility index (Phi) is 3.19. The summed E-state index contributed by atoms with van der Waals surface area (Å²) in [5.41, 5.74) is 4.02. The lowest BCUT2D eigenvalue weighted by Gasteiger charge is -2.40. The third-order valence-electron chi connectivity index (χ3n) is 4.48. The summed E-state index contributed by atoms with van der Waals surface area (Å²) in [6.45, 7) is 7.68. The van der Waals surface area contributed by atoms with E-state index in [1.165, 1.54) is 16.7 Å². The summed E-state index contributed by atoms with van der Waals surface area (Å²) in [5, 5.41) is 0. The quantitative estimate of drug-likeness (QED) is 0.792. The molecule has 0 N–H and O–H groups in total. The van der Waals surface area contributed by atoms with Gasteiger partial charge in [0.1, 0.15) is 0 Å². The van der Waals surface area contributed by atoms with Crippen LogP contribution < -0.4 is 0 Å². The van der Waals surface area contributed by atoms with Crippen LogP contribution in [0.15, 0.2) is 54.6 Å². The molecule has 0 aliphatic carbocycles. The summed E-state index contributed by atoms with van der Waals surface area (Å²) < 4.78 is 0. The molecule has 0 saturated heterocycles. The average molecular weight is 283 g/mol. The minimum atomic E-state index is -0.240. The van der Waals surface area contributed by atoms with Crippen molar-refractivity contribution in [2.24, 2.45) is 0 Å². The van der Waals surface area contributed by atoms with Crippen LogP contribution in [-0.4, -0.2) is 4.90 Å². The number of fused-ring (bicyclic) bond motifs is 1. The lowest BCUT2D eigenvalue weighted by molar-refractivity contribution is 0.0750. The highest BCUT2D eigenvalue weighted by molar-refractivity contribution is 7.81. The Morgan fingerprint density at radius 3 is 2.00 bits per heavy atom. The molecule has 0 saturated carbocycles. The maximum atomic E-state index is 4.99. The lowest BCUT2D eigenvalue weighted by Crippen LogP contribution is -2.43. The van der Waals surface area contributed by atoms with Gasteiger partial charge in [-0.15, -0.1) is 0 Å². The molecule has 20 heavy (non-hydrogen) atoms. The molecule has 2 heteroatoms. The van der Waals surface area contributed by atoms with Crippen molar-refractivity contribution in [1.29, 1.82) is 0 Å². The van der Waals surface area contributed by atoms with Crippen molar-refractivity contribution in [2.75, 3.05) is 0 Å². The zero-order chi connectivity index (χ0) is 14.4. The Morgan fingerprint density at radius 2 is 1.40 bits per heavy atom. The van der Waals surface area contributed by atoms with E-state index in [2.05, 4.69) is 80.3 Å². The second-order valence-corrected chi connectivity index (χ2v) is 7.07. The molecule has 0 fully saturated rings. The Balaban J connectivity index is 2.04. The fourth-order valence-electron chi connectivity index (χ4n) is 3.38. The summed E-state index contributed by atoms with van der Waals surface area (Å²) in [7, 11) is 0. The first-order chi connectivity index (χ1) is 9.44. The molecule has 1 unspecified atom stereocenters. The van der Waals surface area contributed by atoms with Crippen LogP contribution in [0.25, 0.3) is 0 Å². The molecule has 0 bridgehead atoms. The van der Waals surface area contributed by atoms with Gasteiger partial charge in [-0.05, 0) is 37.5 Å². The van der Waals surface area contributed by atoms with E-state index in [0.717, 1.165) is 6.54 Å². The molecule has 1 heterocycles. The maximum Gasteiger partial charge on any atom is 0.0882 e. The van der Waals surface area contributed by atoms with Gasteiger partial charge in [-0.2, -0.15) is 12.6 Å². The summed E-state index contributed by atoms with van der Waals surface area (Å²) in [6, 6.07) is 19.3. The first-order valence-electron chi connectivity index (χ1n) is 7.08. The Labute approximate surface area is 127 Å². The highest BCUT2D eigenvalue weighted by Crippen LogP contribution is 2.51. The monoisotopic (exact) mass is 283 g/mol. The van der Waals surface area contributed by atoms with Crippen LogP contribution in [0.1, 0.15) is 37.5 Å². The largest absolute Gasteiger partial charge is 0.272 e. The second-order valence-electron chi connectivity index (χ2n) is 6.20. The number of nitrogens with zero attached hydrogens (tertiary/aromatic N) is 1. The zero-order valence-electron chi connectivity index (χ0n) is 12.3. The number of hydrogen-bond acceptors (Lipinski definition) is 2. The van der Waals surface area contributed by atoms with Crippen LogP contribution in [0, 0.1) is 0 Å². The van der Waals surface area contributed by atoms with Crippen LogP contribution in [0.3, 0.4) is 0 Å². The summed E-state index contributed by atoms with van der Waals surface area (Å²) in [4.78, 5) is 2.24. The molecule has 3 rings (SSSR count). The Hall–Kier alpha value is -1.25. The van der Waals surface area contributed by atoms with Gasteiger partial charge >= 0.3 is 0 Å². The van der Waals surface area contributed by atoms with Crippen LogP contribution in [0.2, 0.25) is 0 Å². The predicted molar refractivity (Wildman–Crippen MR) is 87.8 cm³/mol. The lowest BCUT2D eigenvalue weighted by atomic mass is 9.93. The van der Waals surface area contributed by atoms with Crippen LogP contribution >= 0.6 is 12.6 Å². The van der Waals surface area contributed by atoms with Gasteiger partial charge in [0, 0.05) is 12.1 Å². The molecular weight excluding hydrogens is 262 g/mol. The van der Waals surface area contributed by atoms with Gasteiger partial charge in [0.25, 0.3) is 0 Å². The van der Waals surface area contributed by atoms with E-state index in [9.17, 15) is 0 Å². The van der Waals surface area contributed by atoms with E-state index in [1.54, 1.807) is 0 Å². The highest BCUT2D eigenvalue weighted by atomic mass is 32.1. The Morgan fingerprint density at radius 1 is 0.850 bits per heavy atom. The van der Waals surface area contributed by atoms with Gasteiger partial charge in [-0.1, -0.05) is 54.6 Å². The molecule has 0 amide bonds. The second kappa shape index (κ2) is 4.64. The minimum absolute atomic E-state index is 0.0110. The first kappa shape index (κ1) is 13.7. The van der Waals surface area contributed by atoms with Gasteiger partial charge in [-0.3, -0.25) is 4.90 Å². The molecule has 104 valence electrons. The van der Waals surface area contributed by atoms with Crippen molar-refractivity contribution in [3.05, 3.63) is 71.3 Å². The smallest absolute Gasteiger partial charge is 0.0882 e. The topological polar surface area (TPSA) is 3.24 Å². The van der Waals surface area contributed by atoms with E-state index in [1.807, 2.05) is 0 Å². The minimum Gasteiger partial charge on any atom is -0.272 e. The molecule has 0 aromatic heterocycles. The Bertz CT molecular complexity index is 581.